The van der Waals surface area contributed by atoms with Crippen LogP contribution < -0.4 is 10.9 Å². The number of rotatable bonds is 3. The number of hydrogen-bond donors (Lipinski definition) is 1. The van der Waals surface area contributed by atoms with Gasteiger partial charge in [-0.3, -0.25) is 9.59 Å². The molecule has 5 nitrogen and oxygen atoms in total. The summed E-state index contributed by atoms with van der Waals surface area (Å²) in [7, 11) is 0. The lowest BCUT2D eigenvalue weighted by atomic mass is 10.1. The lowest BCUT2D eigenvalue weighted by Crippen LogP contribution is -2.25. The van der Waals surface area contributed by atoms with E-state index in [1.165, 1.54) is 16.8 Å². The van der Waals surface area contributed by atoms with Crippen molar-refractivity contribution < 1.29 is 4.79 Å². The summed E-state index contributed by atoms with van der Waals surface area (Å²) in [6.07, 6.45) is 0. The quantitative estimate of drug-likeness (QED) is 0.799. The third-order valence-electron chi connectivity index (χ3n) is 3.95. The first-order valence-corrected chi connectivity index (χ1v) is 8.01. The molecule has 0 atom stereocenters. The Labute approximate surface area is 145 Å². The van der Waals surface area contributed by atoms with Crippen LogP contribution in [0.5, 0.6) is 0 Å². The molecule has 2 aromatic carbocycles. The van der Waals surface area contributed by atoms with Crippen molar-refractivity contribution in [3.05, 3.63) is 87.3 Å². The Morgan fingerprint density at radius 3 is 2.24 bits per heavy atom. The van der Waals surface area contributed by atoms with Crippen LogP contribution in [0.1, 0.15) is 27.2 Å². The largest absolute Gasteiger partial charge is 0.320 e. The number of aromatic nitrogens is 2. The fourth-order valence-electron chi connectivity index (χ4n) is 2.84. The smallest absolute Gasteiger partial charge is 0.276 e. The fourth-order valence-corrected chi connectivity index (χ4v) is 2.84. The van der Waals surface area contributed by atoms with Crippen molar-refractivity contribution >= 4 is 11.6 Å². The number of carbonyl (C=O) groups excluding carboxylic acids is 1. The number of hydrogen-bond acceptors (Lipinski definition) is 3. The van der Waals surface area contributed by atoms with E-state index < -0.39 is 0 Å². The van der Waals surface area contributed by atoms with Gasteiger partial charge in [0.1, 0.15) is 5.69 Å². The van der Waals surface area contributed by atoms with Crippen molar-refractivity contribution in [1.82, 2.24) is 9.78 Å². The molecule has 3 aromatic rings. The highest BCUT2D eigenvalue weighted by Crippen LogP contribution is 2.22. The van der Waals surface area contributed by atoms with E-state index in [1.54, 1.807) is 12.1 Å². The second-order valence-electron chi connectivity index (χ2n) is 6.03. The van der Waals surface area contributed by atoms with Gasteiger partial charge in [0.25, 0.3) is 11.5 Å². The third kappa shape index (κ3) is 3.50. The molecule has 0 saturated heterocycles. The standard InChI is InChI=1S/C20H19N3O2/c1-13-11-14(2)19(15(3)12-13)21-20(25)17-9-10-18(24)23(22-17)16-7-5-4-6-8-16/h4-12H,1-3H3,(H,21,25). The molecule has 0 saturated carbocycles. The van der Waals surface area contributed by atoms with Crippen LogP contribution in [-0.4, -0.2) is 15.7 Å². The van der Waals surface area contributed by atoms with E-state index in [0.29, 0.717) is 5.69 Å². The summed E-state index contributed by atoms with van der Waals surface area (Å²) in [6.45, 7) is 5.92. The Balaban J connectivity index is 1.95. The molecular weight excluding hydrogens is 314 g/mol. The molecule has 0 aliphatic carbocycles. The molecule has 0 aliphatic heterocycles. The van der Waals surface area contributed by atoms with Crippen molar-refractivity contribution in [2.75, 3.05) is 5.32 Å². The lowest BCUT2D eigenvalue weighted by Gasteiger charge is -2.13. The Hall–Kier alpha value is -3.21. The molecule has 0 unspecified atom stereocenters. The molecule has 1 aromatic heterocycles. The molecule has 3 rings (SSSR count). The molecule has 25 heavy (non-hydrogen) atoms. The molecule has 0 fully saturated rings. The van der Waals surface area contributed by atoms with Gasteiger partial charge in [-0.05, 0) is 50.1 Å². The Morgan fingerprint density at radius 1 is 0.960 bits per heavy atom. The van der Waals surface area contributed by atoms with Crippen LogP contribution in [0.25, 0.3) is 5.69 Å². The highest BCUT2D eigenvalue weighted by atomic mass is 16.2. The van der Waals surface area contributed by atoms with Crippen LogP contribution in [0, 0.1) is 20.8 Å². The zero-order valence-corrected chi connectivity index (χ0v) is 14.4. The van der Waals surface area contributed by atoms with E-state index in [-0.39, 0.29) is 17.2 Å². The number of aryl methyl sites for hydroxylation is 3. The van der Waals surface area contributed by atoms with E-state index >= 15 is 0 Å². The molecule has 1 N–H and O–H groups in total. The van der Waals surface area contributed by atoms with E-state index in [0.717, 1.165) is 22.4 Å². The molecule has 1 amide bonds. The van der Waals surface area contributed by atoms with Crippen molar-refractivity contribution in [2.45, 2.75) is 20.8 Å². The Bertz CT molecular complexity index is 968. The minimum Gasteiger partial charge on any atom is -0.320 e. The van der Waals surface area contributed by atoms with Crippen LogP contribution in [0.15, 0.2) is 59.4 Å². The number of amides is 1. The number of anilines is 1. The van der Waals surface area contributed by atoms with Crippen LogP contribution in [0.4, 0.5) is 5.69 Å². The van der Waals surface area contributed by atoms with Gasteiger partial charge in [0.15, 0.2) is 0 Å². The molecule has 0 spiro atoms. The van der Waals surface area contributed by atoms with Crippen molar-refractivity contribution in [1.29, 1.82) is 0 Å². The van der Waals surface area contributed by atoms with Gasteiger partial charge < -0.3 is 5.32 Å². The SMILES string of the molecule is Cc1cc(C)c(NC(=O)c2ccc(=O)n(-c3ccccc3)n2)c(C)c1. The van der Waals surface area contributed by atoms with Gasteiger partial charge in [-0.25, -0.2) is 0 Å². The molecule has 0 radical (unpaired) electrons. The second kappa shape index (κ2) is 6.73. The molecule has 126 valence electrons. The molecule has 5 heteroatoms. The zero-order valence-electron chi connectivity index (χ0n) is 14.4. The molecule has 0 aliphatic rings. The van der Waals surface area contributed by atoms with Gasteiger partial charge in [0.2, 0.25) is 0 Å². The van der Waals surface area contributed by atoms with Gasteiger partial charge in [0, 0.05) is 11.8 Å². The lowest BCUT2D eigenvalue weighted by molar-refractivity contribution is 0.102. The highest BCUT2D eigenvalue weighted by Gasteiger charge is 2.13. The number of para-hydroxylation sites is 1. The summed E-state index contributed by atoms with van der Waals surface area (Å²) < 4.78 is 1.23. The minimum atomic E-state index is -0.347. The van der Waals surface area contributed by atoms with E-state index in [2.05, 4.69) is 10.4 Å². The summed E-state index contributed by atoms with van der Waals surface area (Å²) in [5, 5.41) is 7.11. The second-order valence-corrected chi connectivity index (χ2v) is 6.03. The first-order chi connectivity index (χ1) is 12.0. The van der Waals surface area contributed by atoms with E-state index in [1.807, 2.05) is 51.1 Å². The molecular formula is C20H19N3O2. The number of nitrogens with zero attached hydrogens (tertiary/aromatic N) is 2. The molecule has 1 heterocycles. The number of nitrogens with one attached hydrogen (secondary N) is 1. The van der Waals surface area contributed by atoms with Crippen molar-refractivity contribution in [2.24, 2.45) is 0 Å². The van der Waals surface area contributed by atoms with Crippen LogP contribution >= 0.6 is 0 Å². The first-order valence-electron chi connectivity index (χ1n) is 8.01. The summed E-state index contributed by atoms with van der Waals surface area (Å²) in [5.41, 5.74) is 4.40. The predicted molar refractivity (Wildman–Crippen MR) is 98.4 cm³/mol. The average molecular weight is 333 g/mol. The fraction of sp³-hybridized carbons (Fsp3) is 0.150. The Kier molecular flexibility index (Phi) is 4.48. The van der Waals surface area contributed by atoms with Crippen molar-refractivity contribution in [3.63, 3.8) is 0 Å². The average Bonchev–Trinajstić information content (AvgIpc) is 2.59. The van der Waals surface area contributed by atoms with Gasteiger partial charge in [-0.1, -0.05) is 35.9 Å². The zero-order chi connectivity index (χ0) is 18.0. The monoisotopic (exact) mass is 333 g/mol. The van der Waals surface area contributed by atoms with Crippen LogP contribution in [0.3, 0.4) is 0 Å². The maximum Gasteiger partial charge on any atom is 0.276 e. The summed E-state index contributed by atoms with van der Waals surface area (Å²) in [6, 6.07) is 15.8. The van der Waals surface area contributed by atoms with Gasteiger partial charge >= 0.3 is 0 Å². The van der Waals surface area contributed by atoms with Crippen LogP contribution in [0.2, 0.25) is 0 Å². The third-order valence-corrected chi connectivity index (χ3v) is 3.95. The summed E-state index contributed by atoms with van der Waals surface area (Å²) in [5.74, 6) is -0.347. The van der Waals surface area contributed by atoms with Gasteiger partial charge in [-0.15, -0.1) is 0 Å². The molecule has 0 bridgehead atoms. The van der Waals surface area contributed by atoms with E-state index in [9.17, 15) is 9.59 Å². The topological polar surface area (TPSA) is 64.0 Å². The van der Waals surface area contributed by atoms with Gasteiger partial charge in [-0.2, -0.15) is 9.78 Å². The summed E-state index contributed by atoms with van der Waals surface area (Å²) in [4.78, 5) is 24.7. The highest BCUT2D eigenvalue weighted by molar-refractivity contribution is 6.03. The summed E-state index contributed by atoms with van der Waals surface area (Å²) >= 11 is 0. The maximum atomic E-state index is 12.6. The van der Waals surface area contributed by atoms with Crippen LogP contribution in [-0.2, 0) is 0 Å². The van der Waals surface area contributed by atoms with Crippen molar-refractivity contribution in [3.8, 4) is 5.69 Å². The van der Waals surface area contributed by atoms with Gasteiger partial charge in [0.05, 0.1) is 5.69 Å². The normalized spacial score (nSPS) is 10.5. The Morgan fingerprint density at radius 2 is 1.60 bits per heavy atom. The number of benzene rings is 2. The predicted octanol–water partition coefficient (Wildman–Crippen LogP) is 3.41. The minimum absolute atomic E-state index is 0.183. The maximum absolute atomic E-state index is 12.6. The van der Waals surface area contributed by atoms with E-state index in [4.69, 9.17) is 0 Å². The number of carbonyl (C=O) groups is 1. The first kappa shape index (κ1) is 16.6.